The van der Waals surface area contributed by atoms with Crippen LogP contribution in [0.4, 0.5) is 17.6 Å². The number of ether oxygens (including phenoxy) is 1. The lowest BCUT2D eigenvalue weighted by Crippen LogP contribution is -2.54. The number of hydrogen-bond acceptors (Lipinski definition) is 3. The number of fused-ring (bicyclic) bond motifs is 2. The summed E-state index contributed by atoms with van der Waals surface area (Å²) in [5.74, 6) is -3.02. The van der Waals surface area contributed by atoms with Crippen LogP contribution < -0.4 is 15.4 Å². The minimum atomic E-state index is -4.57. The molecule has 3 unspecified atom stereocenters. The summed E-state index contributed by atoms with van der Waals surface area (Å²) in [6.45, 7) is 0. The van der Waals surface area contributed by atoms with Gasteiger partial charge in [0, 0.05) is 5.56 Å². The number of halogens is 4. The molecule has 0 bridgehead atoms. The molecule has 2 aromatic carbocycles. The van der Waals surface area contributed by atoms with Gasteiger partial charge in [-0.3, -0.25) is 9.59 Å². The first kappa shape index (κ1) is 19.2. The smallest absolute Gasteiger partial charge is 0.408 e. The SMILES string of the molecule is O=C(NC1c2ccccc2Oc2cccc(F)c21)C1CCC(C(F)(F)F)NC1=O. The molecule has 0 spiro atoms. The van der Waals surface area contributed by atoms with Gasteiger partial charge in [0.1, 0.15) is 29.3 Å². The van der Waals surface area contributed by atoms with Crippen molar-refractivity contribution >= 4 is 11.8 Å². The summed E-state index contributed by atoms with van der Waals surface area (Å²) in [6.07, 6.45) is -5.22. The maximum atomic E-state index is 14.5. The third kappa shape index (κ3) is 3.52. The second-order valence-electron chi connectivity index (χ2n) is 6.97. The van der Waals surface area contributed by atoms with Crippen molar-refractivity contribution in [2.24, 2.45) is 5.92 Å². The number of nitrogens with one attached hydrogen (secondary N) is 2. The summed E-state index contributed by atoms with van der Waals surface area (Å²) < 4.78 is 58.7. The molecule has 2 aromatic rings. The van der Waals surface area contributed by atoms with E-state index in [0.29, 0.717) is 11.3 Å². The maximum absolute atomic E-state index is 14.5. The zero-order chi connectivity index (χ0) is 20.8. The van der Waals surface area contributed by atoms with Crippen LogP contribution in [0.25, 0.3) is 0 Å². The van der Waals surface area contributed by atoms with Crippen LogP contribution in [0.2, 0.25) is 0 Å². The summed E-state index contributed by atoms with van der Waals surface area (Å²) in [5.41, 5.74) is 0.590. The van der Waals surface area contributed by atoms with Crippen molar-refractivity contribution in [3.63, 3.8) is 0 Å². The van der Waals surface area contributed by atoms with Crippen LogP contribution in [0.5, 0.6) is 11.5 Å². The zero-order valence-corrected chi connectivity index (χ0v) is 14.9. The van der Waals surface area contributed by atoms with E-state index in [9.17, 15) is 27.2 Å². The molecule has 2 N–H and O–H groups in total. The maximum Gasteiger partial charge on any atom is 0.408 e. The van der Waals surface area contributed by atoms with Crippen molar-refractivity contribution in [1.29, 1.82) is 0 Å². The monoisotopic (exact) mass is 408 g/mol. The van der Waals surface area contributed by atoms with E-state index in [-0.39, 0.29) is 17.7 Å². The van der Waals surface area contributed by atoms with Crippen molar-refractivity contribution in [3.05, 3.63) is 59.4 Å². The Hall–Kier alpha value is -3.10. The topological polar surface area (TPSA) is 67.4 Å². The lowest BCUT2D eigenvalue weighted by Gasteiger charge is -2.32. The van der Waals surface area contributed by atoms with Gasteiger partial charge in [0.25, 0.3) is 0 Å². The normalized spacial score (nSPS) is 23.3. The van der Waals surface area contributed by atoms with Gasteiger partial charge >= 0.3 is 6.18 Å². The van der Waals surface area contributed by atoms with Gasteiger partial charge < -0.3 is 15.4 Å². The Bertz CT molecular complexity index is 976. The molecule has 3 atom stereocenters. The van der Waals surface area contributed by atoms with Gasteiger partial charge in [0.2, 0.25) is 11.8 Å². The lowest BCUT2D eigenvalue weighted by molar-refractivity contribution is -0.171. The molecule has 0 radical (unpaired) electrons. The van der Waals surface area contributed by atoms with Gasteiger partial charge in [-0.1, -0.05) is 24.3 Å². The van der Waals surface area contributed by atoms with Gasteiger partial charge in [-0.2, -0.15) is 13.2 Å². The molecule has 5 nitrogen and oxygen atoms in total. The van der Waals surface area contributed by atoms with Gasteiger partial charge in [-0.05, 0) is 31.0 Å². The summed E-state index contributed by atoms with van der Waals surface area (Å²) in [7, 11) is 0. The summed E-state index contributed by atoms with van der Waals surface area (Å²) in [4.78, 5) is 24.9. The van der Waals surface area contributed by atoms with E-state index in [0.717, 1.165) is 0 Å². The minimum absolute atomic E-state index is 0.101. The number of hydrogen-bond donors (Lipinski definition) is 2. The van der Waals surface area contributed by atoms with E-state index in [2.05, 4.69) is 5.32 Å². The van der Waals surface area contributed by atoms with Crippen molar-refractivity contribution in [1.82, 2.24) is 10.6 Å². The summed E-state index contributed by atoms with van der Waals surface area (Å²) in [5, 5.41) is 4.48. The average Bonchev–Trinajstić information content (AvgIpc) is 2.67. The molecule has 0 aliphatic carbocycles. The molecule has 9 heteroatoms. The molecule has 1 fully saturated rings. The van der Waals surface area contributed by atoms with Crippen molar-refractivity contribution in [3.8, 4) is 11.5 Å². The highest BCUT2D eigenvalue weighted by Crippen LogP contribution is 2.44. The number of alkyl halides is 3. The molecule has 29 heavy (non-hydrogen) atoms. The first-order valence-electron chi connectivity index (χ1n) is 8.98. The number of amides is 2. The molecule has 1 saturated heterocycles. The first-order valence-corrected chi connectivity index (χ1v) is 8.98. The van der Waals surface area contributed by atoms with Gasteiger partial charge in [0.05, 0.1) is 11.6 Å². The van der Waals surface area contributed by atoms with Crippen LogP contribution in [-0.2, 0) is 9.59 Å². The molecular weight excluding hydrogens is 392 g/mol. The largest absolute Gasteiger partial charge is 0.456 e. The van der Waals surface area contributed by atoms with Gasteiger partial charge in [0.15, 0.2) is 0 Å². The van der Waals surface area contributed by atoms with Crippen molar-refractivity contribution < 1.29 is 31.9 Å². The predicted octanol–water partition coefficient (Wildman–Crippen LogP) is 3.59. The Morgan fingerprint density at radius 1 is 1.07 bits per heavy atom. The van der Waals surface area contributed by atoms with Crippen LogP contribution in [0.15, 0.2) is 42.5 Å². The van der Waals surface area contributed by atoms with Crippen molar-refractivity contribution in [2.45, 2.75) is 31.1 Å². The Morgan fingerprint density at radius 2 is 1.79 bits per heavy atom. The fourth-order valence-electron chi connectivity index (χ4n) is 3.67. The molecule has 152 valence electrons. The zero-order valence-electron chi connectivity index (χ0n) is 14.9. The minimum Gasteiger partial charge on any atom is -0.456 e. The Labute approximate surface area is 163 Å². The number of para-hydroxylation sites is 1. The summed E-state index contributed by atoms with van der Waals surface area (Å²) in [6, 6.07) is 8.04. The molecule has 0 aromatic heterocycles. The second-order valence-corrected chi connectivity index (χ2v) is 6.97. The predicted molar refractivity (Wildman–Crippen MR) is 93.6 cm³/mol. The van der Waals surface area contributed by atoms with Gasteiger partial charge in [-0.25, -0.2) is 4.39 Å². The van der Waals surface area contributed by atoms with E-state index in [1.54, 1.807) is 30.3 Å². The van der Waals surface area contributed by atoms with E-state index in [1.165, 1.54) is 12.1 Å². The highest BCUT2D eigenvalue weighted by molar-refractivity contribution is 6.01. The van der Waals surface area contributed by atoms with Crippen LogP contribution >= 0.6 is 0 Å². The molecule has 2 aliphatic rings. The standard InChI is InChI=1S/C20H16F4N2O3/c21-12-5-3-7-14-16(12)17(10-4-1-2-6-13(10)29-14)26-19(28)11-8-9-15(20(22,23)24)25-18(11)27/h1-7,11,15,17H,8-9H2,(H,25,27)(H,26,28). The molecule has 4 rings (SSSR count). The lowest BCUT2D eigenvalue weighted by atomic mass is 9.90. The molecule has 2 heterocycles. The number of benzene rings is 2. The number of carbonyl (C=O) groups excluding carboxylic acids is 2. The van der Waals surface area contributed by atoms with Crippen LogP contribution in [0.3, 0.4) is 0 Å². The van der Waals surface area contributed by atoms with Crippen molar-refractivity contribution in [2.75, 3.05) is 0 Å². The first-order chi connectivity index (χ1) is 13.8. The van der Waals surface area contributed by atoms with E-state index in [1.807, 2.05) is 5.32 Å². The highest BCUT2D eigenvalue weighted by atomic mass is 19.4. The molecular formula is C20H16F4N2O3. The molecule has 2 aliphatic heterocycles. The Balaban J connectivity index is 1.60. The van der Waals surface area contributed by atoms with Crippen LogP contribution in [0.1, 0.15) is 30.0 Å². The number of carbonyl (C=O) groups is 2. The van der Waals surface area contributed by atoms with E-state index >= 15 is 0 Å². The van der Waals surface area contributed by atoms with Crippen LogP contribution in [-0.4, -0.2) is 24.0 Å². The fourth-order valence-corrected chi connectivity index (χ4v) is 3.67. The third-order valence-corrected chi connectivity index (χ3v) is 5.13. The average molecular weight is 408 g/mol. The Kier molecular flexibility index (Phi) is 4.68. The third-order valence-electron chi connectivity index (χ3n) is 5.13. The Morgan fingerprint density at radius 3 is 2.52 bits per heavy atom. The van der Waals surface area contributed by atoms with Crippen LogP contribution in [0, 0.1) is 11.7 Å². The quantitative estimate of drug-likeness (QED) is 0.590. The highest BCUT2D eigenvalue weighted by Gasteiger charge is 2.46. The molecule has 0 saturated carbocycles. The van der Waals surface area contributed by atoms with E-state index in [4.69, 9.17) is 4.74 Å². The number of piperidine rings is 1. The summed E-state index contributed by atoms with van der Waals surface area (Å²) >= 11 is 0. The van der Waals surface area contributed by atoms with E-state index < -0.39 is 48.2 Å². The van der Waals surface area contributed by atoms with Gasteiger partial charge in [-0.15, -0.1) is 0 Å². The fraction of sp³-hybridized carbons (Fsp3) is 0.300. The molecule has 2 amide bonds. The second kappa shape index (κ2) is 7.06. The number of rotatable bonds is 2.